The maximum atomic E-state index is 12.2. The lowest BCUT2D eigenvalue weighted by Gasteiger charge is -2.01. The van der Waals surface area contributed by atoms with Crippen LogP contribution in [0.2, 0.25) is 0 Å². The summed E-state index contributed by atoms with van der Waals surface area (Å²) in [5, 5.41) is 23.6. The van der Waals surface area contributed by atoms with Gasteiger partial charge in [0.15, 0.2) is 0 Å². The molecule has 3 aromatic rings. The molecule has 0 unspecified atom stereocenters. The summed E-state index contributed by atoms with van der Waals surface area (Å²) in [6.07, 6.45) is 1.29. The third-order valence-electron chi connectivity index (χ3n) is 3.53. The highest BCUT2D eigenvalue weighted by Gasteiger charge is 2.09. The number of fused-ring (bicyclic) bond motifs is 1. The van der Waals surface area contributed by atoms with Gasteiger partial charge in [-0.3, -0.25) is 4.79 Å². The molecule has 0 saturated carbocycles. The average Bonchev–Trinajstić information content (AvgIpc) is 3.00. The van der Waals surface area contributed by atoms with E-state index >= 15 is 0 Å². The summed E-state index contributed by atoms with van der Waals surface area (Å²) in [4.78, 5) is 15.2. The van der Waals surface area contributed by atoms with E-state index < -0.39 is 5.91 Å². The maximum Gasteiger partial charge on any atom is 0.287 e. The van der Waals surface area contributed by atoms with E-state index in [1.807, 2.05) is 25.1 Å². The summed E-state index contributed by atoms with van der Waals surface area (Å²) in [5.41, 5.74) is 3.93. The zero-order valence-electron chi connectivity index (χ0n) is 13.5. The van der Waals surface area contributed by atoms with Crippen molar-refractivity contribution in [1.82, 2.24) is 10.4 Å². The molecule has 1 aromatic heterocycles. The van der Waals surface area contributed by atoms with Crippen molar-refractivity contribution in [3.8, 4) is 17.2 Å². The van der Waals surface area contributed by atoms with Crippen LogP contribution in [0.5, 0.6) is 17.2 Å². The van der Waals surface area contributed by atoms with Gasteiger partial charge >= 0.3 is 0 Å². The van der Waals surface area contributed by atoms with Crippen molar-refractivity contribution in [1.29, 1.82) is 0 Å². The molecular weight excluding hydrogens is 322 g/mol. The zero-order valence-corrected chi connectivity index (χ0v) is 13.5. The van der Waals surface area contributed by atoms with Crippen LogP contribution >= 0.6 is 0 Å². The number of hydrogen-bond acceptors (Lipinski definition) is 5. The Labute approximate surface area is 143 Å². The molecule has 0 spiro atoms. The molecule has 0 bridgehead atoms. The smallest absolute Gasteiger partial charge is 0.287 e. The van der Waals surface area contributed by atoms with E-state index in [4.69, 9.17) is 4.74 Å². The van der Waals surface area contributed by atoms with E-state index in [0.29, 0.717) is 17.9 Å². The molecule has 128 valence electrons. The molecule has 0 atom stereocenters. The predicted octanol–water partition coefficient (Wildman–Crippen LogP) is 2.74. The topological polar surface area (TPSA) is 107 Å². The van der Waals surface area contributed by atoms with Crippen LogP contribution in [0.15, 0.2) is 47.6 Å². The number of carbonyl (C=O) groups is 1. The zero-order chi connectivity index (χ0) is 17.8. The number of aromatic hydroxyl groups is 2. The van der Waals surface area contributed by atoms with Crippen molar-refractivity contribution >= 4 is 23.0 Å². The molecule has 3 rings (SSSR count). The Morgan fingerprint density at radius 2 is 2.08 bits per heavy atom. The second-order valence-corrected chi connectivity index (χ2v) is 5.31. The van der Waals surface area contributed by atoms with Gasteiger partial charge in [-0.25, -0.2) is 5.43 Å². The molecule has 1 amide bonds. The monoisotopic (exact) mass is 339 g/mol. The van der Waals surface area contributed by atoms with Crippen LogP contribution in [-0.4, -0.2) is 33.9 Å². The normalized spacial score (nSPS) is 11.1. The number of hydrogen-bond donors (Lipinski definition) is 4. The molecule has 1 heterocycles. The minimum atomic E-state index is -0.413. The Morgan fingerprint density at radius 3 is 2.84 bits per heavy atom. The number of phenolic OH excluding ortho intramolecular Hbond substituents is 2. The second kappa shape index (κ2) is 6.96. The molecule has 7 heteroatoms. The Morgan fingerprint density at radius 1 is 1.24 bits per heavy atom. The number of H-pyrrole nitrogens is 1. The lowest BCUT2D eigenvalue weighted by molar-refractivity contribution is 0.0951. The van der Waals surface area contributed by atoms with E-state index in [1.165, 1.54) is 24.4 Å². The number of amides is 1. The fraction of sp³-hybridized carbons (Fsp3) is 0.111. The molecule has 0 aliphatic heterocycles. The molecule has 0 fully saturated rings. The number of benzene rings is 2. The molecule has 0 saturated heterocycles. The first-order valence-electron chi connectivity index (χ1n) is 7.68. The number of aromatic nitrogens is 1. The first-order valence-corrected chi connectivity index (χ1v) is 7.68. The summed E-state index contributed by atoms with van der Waals surface area (Å²) in [7, 11) is 0. The number of nitrogens with one attached hydrogen (secondary N) is 2. The molecule has 4 N–H and O–H groups in total. The number of rotatable bonds is 5. The van der Waals surface area contributed by atoms with Gasteiger partial charge in [-0.05, 0) is 43.3 Å². The summed E-state index contributed by atoms with van der Waals surface area (Å²) < 4.78 is 5.44. The summed E-state index contributed by atoms with van der Waals surface area (Å²) in [5.74, 6) is 0.140. The van der Waals surface area contributed by atoms with Crippen LogP contribution in [0.4, 0.5) is 0 Å². The van der Waals surface area contributed by atoms with Crippen molar-refractivity contribution < 1.29 is 19.7 Å². The lowest BCUT2D eigenvalue weighted by atomic mass is 10.2. The number of aromatic amines is 1. The molecule has 0 aliphatic rings. The van der Waals surface area contributed by atoms with Crippen LogP contribution in [0, 0.1) is 0 Å². The first kappa shape index (κ1) is 16.4. The largest absolute Gasteiger partial charge is 0.508 e. The lowest BCUT2D eigenvalue weighted by Crippen LogP contribution is -2.17. The van der Waals surface area contributed by atoms with Gasteiger partial charge < -0.3 is 19.9 Å². The molecule has 2 aromatic carbocycles. The van der Waals surface area contributed by atoms with Crippen molar-refractivity contribution in [3.05, 3.63) is 53.7 Å². The fourth-order valence-electron chi connectivity index (χ4n) is 2.35. The van der Waals surface area contributed by atoms with Crippen LogP contribution in [0.1, 0.15) is 23.0 Å². The molecule has 25 heavy (non-hydrogen) atoms. The predicted molar refractivity (Wildman–Crippen MR) is 94.3 cm³/mol. The SMILES string of the molecule is CCOc1ccc2[nH]c(C(=O)NN=Cc3ccc(O)cc3O)cc2c1. The molecular formula is C18H17N3O4. The van der Waals surface area contributed by atoms with Gasteiger partial charge in [0, 0.05) is 22.5 Å². The molecule has 0 aliphatic carbocycles. The van der Waals surface area contributed by atoms with Gasteiger partial charge in [0.25, 0.3) is 5.91 Å². The third kappa shape index (κ3) is 3.72. The van der Waals surface area contributed by atoms with E-state index in [9.17, 15) is 15.0 Å². The van der Waals surface area contributed by atoms with Gasteiger partial charge in [0.05, 0.1) is 12.8 Å². The van der Waals surface area contributed by atoms with Gasteiger partial charge in [0.1, 0.15) is 22.9 Å². The highest BCUT2D eigenvalue weighted by atomic mass is 16.5. The summed E-state index contributed by atoms with van der Waals surface area (Å²) >= 11 is 0. The van der Waals surface area contributed by atoms with Crippen LogP contribution < -0.4 is 10.2 Å². The highest BCUT2D eigenvalue weighted by Crippen LogP contribution is 2.22. The Hall–Kier alpha value is -3.48. The van der Waals surface area contributed by atoms with Crippen molar-refractivity contribution in [2.24, 2.45) is 5.10 Å². The van der Waals surface area contributed by atoms with E-state index in [2.05, 4.69) is 15.5 Å². The van der Waals surface area contributed by atoms with E-state index in [0.717, 1.165) is 16.7 Å². The first-order chi connectivity index (χ1) is 12.1. The standard InChI is InChI=1S/C18H17N3O4/c1-2-25-14-5-6-15-12(7-14)8-16(20-15)18(24)21-19-10-11-3-4-13(22)9-17(11)23/h3-10,20,22-23H,2H2,1H3,(H,21,24). The molecule has 0 radical (unpaired) electrons. The minimum Gasteiger partial charge on any atom is -0.508 e. The Kier molecular flexibility index (Phi) is 4.56. The number of hydrazone groups is 1. The van der Waals surface area contributed by atoms with E-state index in [-0.39, 0.29) is 11.5 Å². The summed E-state index contributed by atoms with van der Waals surface area (Å²) in [6.45, 7) is 2.48. The van der Waals surface area contributed by atoms with Crippen LogP contribution in [-0.2, 0) is 0 Å². The van der Waals surface area contributed by atoms with Crippen LogP contribution in [0.3, 0.4) is 0 Å². The Balaban J connectivity index is 1.72. The van der Waals surface area contributed by atoms with Crippen molar-refractivity contribution in [2.45, 2.75) is 6.92 Å². The van der Waals surface area contributed by atoms with Gasteiger partial charge in [-0.1, -0.05) is 0 Å². The quantitative estimate of drug-likeness (QED) is 0.423. The second-order valence-electron chi connectivity index (χ2n) is 5.31. The van der Waals surface area contributed by atoms with Gasteiger partial charge in [0.2, 0.25) is 0 Å². The molecule has 7 nitrogen and oxygen atoms in total. The highest BCUT2D eigenvalue weighted by molar-refractivity contribution is 5.98. The third-order valence-corrected chi connectivity index (χ3v) is 3.53. The van der Waals surface area contributed by atoms with Crippen LogP contribution in [0.25, 0.3) is 10.9 Å². The fourth-order valence-corrected chi connectivity index (χ4v) is 2.35. The number of nitrogens with zero attached hydrogens (tertiary/aromatic N) is 1. The summed E-state index contributed by atoms with van der Waals surface area (Å²) in [6, 6.07) is 11.3. The number of ether oxygens (including phenoxy) is 1. The van der Waals surface area contributed by atoms with E-state index in [1.54, 1.807) is 6.07 Å². The van der Waals surface area contributed by atoms with Crippen molar-refractivity contribution in [2.75, 3.05) is 6.61 Å². The number of phenols is 2. The number of carbonyl (C=O) groups excluding carboxylic acids is 1. The maximum absolute atomic E-state index is 12.2. The van der Waals surface area contributed by atoms with Gasteiger partial charge in [-0.15, -0.1) is 0 Å². The Bertz CT molecular complexity index is 947. The van der Waals surface area contributed by atoms with Gasteiger partial charge in [-0.2, -0.15) is 5.10 Å². The van der Waals surface area contributed by atoms with Crippen molar-refractivity contribution in [3.63, 3.8) is 0 Å². The minimum absolute atomic E-state index is 0.0526. The average molecular weight is 339 g/mol.